The van der Waals surface area contributed by atoms with Gasteiger partial charge in [0, 0.05) is 171 Å². The van der Waals surface area contributed by atoms with Crippen LogP contribution in [0.2, 0.25) is 0 Å². The number of H-pyrrole nitrogens is 8. The lowest BCUT2D eigenvalue weighted by Crippen LogP contribution is -2.14. The quantitative estimate of drug-likeness (QED) is 0.0318. The first-order valence-electron chi connectivity index (χ1n) is 47.7. The van der Waals surface area contributed by atoms with Crippen molar-refractivity contribution in [3.05, 3.63) is 395 Å². The summed E-state index contributed by atoms with van der Waals surface area (Å²) in [5.74, 6) is 2.55. The van der Waals surface area contributed by atoms with Crippen molar-refractivity contribution in [3.8, 4) is 135 Å². The van der Waals surface area contributed by atoms with E-state index in [1.54, 1.807) is 86.5 Å². The van der Waals surface area contributed by atoms with Gasteiger partial charge in [0.25, 0.3) is 5.91 Å². The third-order valence-corrected chi connectivity index (χ3v) is 25.2. The van der Waals surface area contributed by atoms with E-state index in [-0.39, 0.29) is 11.8 Å². The molecule has 0 spiro atoms. The molecule has 26 rings (SSSR count). The van der Waals surface area contributed by atoms with Gasteiger partial charge in [-0.2, -0.15) is 20.4 Å². The SMILES string of the molecule is CC(C)Nc1cncc(-c2ccc3[nH]nc(-c4nc5c(-c6ccncc6)cccc5[nH]4)c3c2)c1.CN(C)Cc1cncc(-c2ccc3[nH]nc(-c4nc5c(-c6ccncc6)cccc5[nH]4)c3c2)c1.O=C(Cc1ccccc1)Nc1cncc(-c2ccc3[nH]nc(-c4nc5c(-c6ccncc6)cccc5[nH]4)c3c2)c1.O=C(Nc1cncc(-c2ccc3[nH]nc(-c4nc5c(-c6ccncc6)cccc5[nH]4)c3c2)c1)c1ccccc1. The number of amides is 2. The van der Waals surface area contributed by atoms with Crippen LogP contribution in [0.15, 0.2) is 378 Å². The van der Waals surface area contributed by atoms with Crippen LogP contribution in [0.25, 0.3) is 223 Å². The van der Waals surface area contributed by atoms with Crippen molar-refractivity contribution in [1.29, 1.82) is 0 Å². The van der Waals surface area contributed by atoms with Crippen LogP contribution >= 0.6 is 0 Å². The van der Waals surface area contributed by atoms with E-state index in [0.29, 0.717) is 41.0 Å². The number of anilines is 3. The van der Waals surface area contributed by atoms with Crippen LogP contribution in [0.5, 0.6) is 0 Å². The molecule has 16 heterocycles. The van der Waals surface area contributed by atoms with Crippen LogP contribution in [0.3, 0.4) is 0 Å². The Kier molecular flexibility index (Phi) is 24.8. The number of fused-ring (bicyclic) bond motifs is 8. The monoisotopic (exact) mass is 1920 g/mol. The summed E-state index contributed by atoms with van der Waals surface area (Å²) in [7, 11) is 4.12. The molecule has 0 saturated heterocycles. The molecular weight excluding hydrogens is 1830 g/mol. The first-order valence-corrected chi connectivity index (χ1v) is 47.7. The summed E-state index contributed by atoms with van der Waals surface area (Å²) < 4.78 is 0. The van der Waals surface area contributed by atoms with Crippen molar-refractivity contribution >= 4 is 117 Å². The summed E-state index contributed by atoms with van der Waals surface area (Å²) in [6.07, 6.45) is 29.0. The van der Waals surface area contributed by atoms with E-state index in [0.717, 1.165) is 229 Å². The summed E-state index contributed by atoms with van der Waals surface area (Å²) in [5, 5.41) is 44.1. The number of imidazole rings is 4. The first-order chi connectivity index (χ1) is 72.2. The molecule has 0 atom stereocenters. The number of hydrogen-bond donors (Lipinski definition) is 11. The van der Waals surface area contributed by atoms with Gasteiger partial charge in [0.2, 0.25) is 5.91 Å². The number of para-hydroxylation sites is 4. The van der Waals surface area contributed by atoms with Crippen LogP contribution < -0.4 is 16.0 Å². The number of carbonyl (C=O) groups excluding carboxylic acids is 2. The number of carbonyl (C=O) groups is 2. The zero-order chi connectivity index (χ0) is 99.2. The Balaban J connectivity index is 0.000000108. The molecule has 26 aromatic rings. The van der Waals surface area contributed by atoms with E-state index in [4.69, 9.17) is 19.9 Å². The zero-order valence-electron chi connectivity index (χ0n) is 79.7. The molecule has 710 valence electrons. The molecule has 0 bridgehead atoms. The number of benzene rings is 10. The first kappa shape index (κ1) is 90.7. The van der Waals surface area contributed by atoms with E-state index in [1.165, 1.54) is 5.56 Å². The molecule has 0 aliphatic rings. The second-order valence-electron chi connectivity index (χ2n) is 36.0. The maximum atomic E-state index is 12.6. The highest BCUT2D eigenvalue weighted by Gasteiger charge is 2.24. The van der Waals surface area contributed by atoms with Crippen molar-refractivity contribution in [3.63, 3.8) is 0 Å². The highest BCUT2D eigenvalue weighted by Crippen LogP contribution is 2.41. The minimum Gasteiger partial charge on any atom is -0.382 e. The minimum atomic E-state index is -0.182. The Morgan fingerprint density at radius 3 is 0.952 bits per heavy atom. The molecular formula is C117H90N28O2. The lowest BCUT2D eigenvalue weighted by molar-refractivity contribution is -0.115. The van der Waals surface area contributed by atoms with Gasteiger partial charge in [-0.25, -0.2) is 19.9 Å². The number of pyridine rings is 8. The molecule has 0 saturated carbocycles. The highest BCUT2D eigenvalue weighted by molar-refractivity contribution is 6.07. The van der Waals surface area contributed by atoms with Gasteiger partial charge in [-0.15, -0.1) is 0 Å². The molecule has 30 nitrogen and oxygen atoms in total. The largest absolute Gasteiger partial charge is 0.382 e. The number of nitrogens with zero attached hydrogens (tertiary/aromatic N) is 17. The Morgan fingerprint density at radius 2 is 0.605 bits per heavy atom. The van der Waals surface area contributed by atoms with Gasteiger partial charge in [0.15, 0.2) is 23.3 Å². The predicted molar refractivity (Wildman–Crippen MR) is 580 cm³/mol. The molecule has 0 radical (unpaired) electrons. The van der Waals surface area contributed by atoms with Crippen molar-refractivity contribution in [1.82, 2.24) is 125 Å². The van der Waals surface area contributed by atoms with Gasteiger partial charge >= 0.3 is 0 Å². The molecule has 0 aliphatic heterocycles. The van der Waals surface area contributed by atoms with Gasteiger partial charge in [-0.1, -0.05) is 121 Å². The summed E-state index contributed by atoms with van der Waals surface area (Å²) in [6, 6.07) is 92.3. The zero-order valence-corrected chi connectivity index (χ0v) is 79.7. The topological polar surface area (TPSA) is 406 Å². The molecule has 10 aromatic carbocycles. The normalized spacial score (nSPS) is 11.4. The maximum Gasteiger partial charge on any atom is 0.255 e. The molecule has 147 heavy (non-hydrogen) atoms. The number of nitrogens with one attached hydrogen (secondary N) is 11. The maximum absolute atomic E-state index is 12.6. The van der Waals surface area contributed by atoms with Crippen molar-refractivity contribution < 1.29 is 9.59 Å². The molecule has 0 fully saturated rings. The Labute approximate surface area is 839 Å². The van der Waals surface area contributed by atoms with Crippen LogP contribution in [0.1, 0.15) is 35.3 Å². The van der Waals surface area contributed by atoms with Crippen LogP contribution in [0.4, 0.5) is 17.1 Å². The standard InChI is InChI=1S/C32H23N7O.C31H21N7O.2C27H23N7/c40-29(15-20-5-2-1-3-6-20)35-24-16-23(18-34-19-24)22-9-10-27-26(17-22)31(39-38-27)32-36-28-8-4-7-25(30(28)37-32)21-11-13-33-14-12-21;39-31(20-5-2-1-3-6-20)34-23-15-22(17-33-18-23)21-9-10-26-25(16-21)29(38-37-26)30-35-27-8-4-7-24(28(27)36-30)19-11-13-32-14-12-19;1-34(2)16-17-12-20(15-29-14-17)19-6-7-23-22(13-19)26(33-32-23)27-30-24-5-3-4-21(25(24)31-27)18-8-10-28-11-9-18;1-16(2)30-20-12-19(14-29-15-20)18-6-7-23-22(13-18)26(34-33-23)27-31-24-5-3-4-21(25(24)32-27)17-8-10-28-11-9-17/h1-14,16-19H,15H2,(H,35,40)(H,36,37)(H,38,39);1-18H,(H,34,39)(H,35,36)(H,37,38);3-15H,16H2,1-2H3,(H,30,31)(H,32,33);3-16,30H,1-2H3,(H,31,32)(H,33,34). The van der Waals surface area contributed by atoms with Gasteiger partial charge in [0.05, 0.1) is 102 Å². The smallest absolute Gasteiger partial charge is 0.255 e. The lowest BCUT2D eigenvalue weighted by atomic mass is 10.0. The molecule has 0 unspecified atom stereocenters. The van der Waals surface area contributed by atoms with Gasteiger partial charge in [0.1, 0.15) is 22.8 Å². The van der Waals surface area contributed by atoms with E-state index >= 15 is 0 Å². The van der Waals surface area contributed by atoms with Crippen LogP contribution in [0, 0.1) is 0 Å². The van der Waals surface area contributed by atoms with Gasteiger partial charge in [-0.3, -0.25) is 69.9 Å². The van der Waals surface area contributed by atoms with Gasteiger partial charge < -0.3 is 40.8 Å². The molecule has 16 aromatic heterocycles. The summed E-state index contributed by atoms with van der Waals surface area (Å²) in [5.41, 5.74) is 35.5. The van der Waals surface area contributed by atoms with Crippen molar-refractivity contribution in [2.75, 3.05) is 30.0 Å². The average molecular weight is 1920 g/mol. The molecule has 30 heteroatoms. The fourth-order valence-electron chi connectivity index (χ4n) is 18.3. The Morgan fingerprint density at radius 1 is 0.286 bits per heavy atom. The Bertz CT molecular complexity index is 9050. The summed E-state index contributed by atoms with van der Waals surface area (Å²) in [4.78, 5) is 95.1. The van der Waals surface area contributed by atoms with Crippen molar-refractivity contribution in [2.45, 2.75) is 32.9 Å². The Hall–Kier alpha value is -20.1. The number of hydrogen-bond acceptors (Lipinski definition) is 20. The van der Waals surface area contributed by atoms with Crippen LogP contribution in [-0.2, 0) is 17.8 Å². The lowest BCUT2D eigenvalue weighted by Gasteiger charge is -2.11. The third kappa shape index (κ3) is 19.4. The van der Waals surface area contributed by atoms with Gasteiger partial charge in [-0.05, 0) is 241 Å². The molecule has 2 amide bonds. The van der Waals surface area contributed by atoms with E-state index in [9.17, 15) is 9.59 Å². The van der Waals surface area contributed by atoms with E-state index in [1.807, 2.05) is 207 Å². The number of rotatable bonds is 21. The van der Waals surface area contributed by atoms with Crippen molar-refractivity contribution in [2.24, 2.45) is 0 Å². The summed E-state index contributed by atoms with van der Waals surface area (Å²) in [6.45, 7) is 5.08. The third-order valence-electron chi connectivity index (χ3n) is 25.2. The minimum absolute atomic E-state index is 0.0891. The summed E-state index contributed by atoms with van der Waals surface area (Å²) >= 11 is 0. The second-order valence-corrected chi connectivity index (χ2v) is 36.0. The fourth-order valence-corrected chi connectivity index (χ4v) is 18.3. The number of aromatic nitrogens is 24. The predicted octanol–water partition coefficient (Wildman–Crippen LogP) is 24.2. The molecule has 11 N–H and O–H groups in total. The number of aromatic amines is 8. The van der Waals surface area contributed by atoms with E-state index < -0.39 is 0 Å². The highest BCUT2D eigenvalue weighted by atomic mass is 16.2. The van der Waals surface area contributed by atoms with Crippen LogP contribution in [-0.4, -0.2) is 157 Å². The fraction of sp³-hybridized carbons (Fsp3) is 0.0598. The average Bonchev–Trinajstić information content (AvgIpc) is 1.63. The second kappa shape index (κ2) is 40.2. The molecule has 0 aliphatic carbocycles. The van der Waals surface area contributed by atoms with E-state index in [2.05, 4.69) is 234 Å².